The summed E-state index contributed by atoms with van der Waals surface area (Å²) in [6.07, 6.45) is 30.3. The lowest BCUT2D eigenvalue weighted by Gasteiger charge is -2.12. The molecule has 0 heterocycles. The Morgan fingerprint density at radius 2 is 1.05 bits per heavy atom. The van der Waals surface area contributed by atoms with Gasteiger partial charge in [-0.2, -0.15) is 0 Å². The number of carbonyl (C=O) groups is 1. The Kier molecular flexibility index (Phi) is 24.5. The second-order valence-electron chi connectivity index (χ2n) is 11.3. The van der Waals surface area contributed by atoms with E-state index in [1.54, 1.807) is 6.08 Å². The summed E-state index contributed by atoms with van der Waals surface area (Å²) >= 11 is 0. The third kappa shape index (κ3) is 20.9. The van der Waals surface area contributed by atoms with E-state index in [-0.39, 0.29) is 5.97 Å². The van der Waals surface area contributed by atoms with Crippen molar-refractivity contribution in [2.75, 3.05) is 19.8 Å². The number of hydrogen-bond acceptors (Lipinski definition) is 4. The van der Waals surface area contributed by atoms with Crippen LogP contribution in [-0.4, -0.2) is 25.8 Å². The molecule has 1 aromatic carbocycles. The summed E-state index contributed by atoms with van der Waals surface area (Å²) in [7, 11) is 0. The van der Waals surface area contributed by atoms with Gasteiger partial charge in [0.05, 0.1) is 19.8 Å². The molecule has 0 aliphatic carbocycles. The fourth-order valence-corrected chi connectivity index (χ4v) is 4.84. The van der Waals surface area contributed by atoms with Crippen molar-refractivity contribution in [1.29, 1.82) is 0 Å². The molecule has 1 rings (SSSR count). The van der Waals surface area contributed by atoms with Gasteiger partial charge in [0.25, 0.3) is 0 Å². The Morgan fingerprint density at radius 3 is 1.55 bits per heavy atom. The third-order valence-corrected chi connectivity index (χ3v) is 7.35. The smallest absolute Gasteiger partial charge is 0.330 e. The molecule has 0 atom stereocenters. The SMILES string of the molecule is CCCCCCCCCCCCOc1ccc(OCCCCCCCCCCCC)c(C=CC(=O)OCCC)c1. The maximum Gasteiger partial charge on any atom is 0.330 e. The first-order valence-corrected chi connectivity index (χ1v) is 17.0. The number of rotatable bonds is 28. The predicted octanol–water partition coefficient (Wildman–Crippen LogP) is 11.3. The number of ether oxygens (including phenoxy) is 3. The number of esters is 1. The highest BCUT2D eigenvalue weighted by atomic mass is 16.5. The largest absolute Gasteiger partial charge is 0.494 e. The number of carbonyl (C=O) groups excluding carboxylic acids is 1. The van der Waals surface area contributed by atoms with Crippen molar-refractivity contribution in [3.05, 3.63) is 29.8 Å². The lowest BCUT2D eigenvalue weighted by molar-refractivity contribution is -0.137. The Hall–Kier alpha value is -1.97. The molecule has 4 heteroatoms. The second kappa shape index (κ2) is 27.2. The first kappa shape index (κ1) is 36.1. The highest BCUT2D eigenvalue weighted by molar-refractivity contribution is 5.87. The van der Waals surface area contributed by atoms with E-state index in [0.29, 0.717) is 13.2 Å². The van der Waals surface area contributed by atoms with Crippen molar-refractivity contribution < 1.29 is 19.0 Å². The predicted molar refractivity (Wildman–Crippen MR) is 171 cm³/mol. The van der Waals surface area contributed by atoms with Gasteiger partial charge in [0.1, 0.15) is 11.5 Å². The molecule has 0 saturated heterocycles. The van der Waals surface area contributed by atoms with Crippen LogP contribution in [0.25, 0.3) is 6.08 Å². The highest BCUT2D eigenvalue weighted by Gasteiger charge is 2.06. The molecule has 0 bridgehead atoms. The summed E-state index contributed by atoms with van der Waals surface area (Å²) in [5.74, 6) is 1.30. The average molecular weight is 559 g/mol. The lowest BCUT2D eigenvalue weighted by Crippen LogP contribution is -2.02. The van der Waals surface area contributed by atoms with Crippen molar-refractivity contribution in [1.82, 2.24) is 0 Å². The summed E-state index contributed by atoms with van der Waals surface area (Å²) in [5, 5.41) is 0. The van der Waals surface area contributed by atoms with E-state index in [4.69, 9.17) is 14.2 Å². The van der Waals surface area contributed by atoms with Gasteiger partial charge in [-0.25, -0.2) is 4.79 Å². The van der Waals surface area contributed by atoms with Crippen molar-refractivity contribution in [3.8, 4) is 11.5 Å². The van der Waals surface area contributed by atoms with Crippen molar-refractivity contribution in [2.24, 2.45) is 0 Å². The van der Waals surface area contributed by atoms with E-state index >= 15 is 0 Å². The number of benzene rings is 1. The number of unbranched alkanes of at least 4 members (excludes halogenated alkanes) is 18. The zero-order valence-electron chi connectivity index (χ0n) is 26.5. The standard InChI is InChI=1S/C36H62O4/c1-4-7-9-11-13-15-17-19-21-23-30-38-34-26-27-35(33(32-34)25-28-36(37)40-29-6-3)39-31-24-22-20-18-16-14-12-10-8-5-2/h25-28,32H,4-24,29-31H2,1-3H3. The van der Waals surface area contributed by atoms with Gasteiger partial charge < -0.3 is 14.2 Å². The van der Waals surface area contributed by atoms with Crippen molar-refractivity contribution >= 4 is 12.0 Å². The van der Waals surface area contributed by atoms with Crippen LogP contribution >= 0.6 is 0 Å². The van der Waals surface area contributed by atoms with Crippen LogP contribution in [0.4, 0.5) is 0 Å². The van der Waals surface area contributed by atoms with Gasteiger partial charge in [0, 0.05) is 11.6 Å². The summed E-state index contributed by atoms with van der Waals surface area (Å²) in [5.41, 5.74) is 0.862. The van der Waals surface area contributed by atoms with E-state index in [2.05, 4.69) is 13.8 Å². The van der Waals surface area contributed by atoms with E-state index in [1.165, 1.54) is 122 Å². The molecule has 0 saturated carbocycles. The Bertz CT molecular complexity index is 742. The molecule has 0 spiro atoms. The molecule has 0 fully saturated rings. The molecule has 0 aliphatic rings. The van der Waals surface area contributed by atoms with Crippen LogP contribution in [0.2, 0.25) is 0 Å². The minimum atomic E-state index is -0.320. The molecule has 40 heavy (non-hydrogen) atoms. The van der Waals surface area contributed by atoms with Crippen LogP contribution in [0, 0.1) is 0 Å². The fourth-order valence-electron chi connectivity index (χ4n) is 4.84. The molecular weight excluding hydrogens is 496 g/mol. The van der Waals surface area contributed by atoms with E-state index in [0.717, 1.165) is 42.9 Å². The van der Waals surface area contributed by atoms with Gasteiger partial charge >= 0.3 is 5.97 Å². The van der Waals surface area contributed by atoms with Crippen LogP contribution in [-0.2, 0) is 9.53 Å². The minimum absolute atomic E-state index is 0.320. The molecule has 0 unspecified atom stereocenters. The molecule has 0 N–H and O–H groups in total. The summed E-state index contributed by atoms with van der Waals surface area (Å²) in [6.45, 7) is 8.38. The van der Waals surface area contributed by atoms with E-state index in [9.17, 15) is 4.79 Å². The third-order valence-electron chi connectivity index (χ3n) is 7.35. The Morgan fingerprint density at radius 1 is 0.575 bits per heavy atom. The van der Waals surface area contributed by atoms with Gasteiger partial charge in [0.15, 0.2) is 0 Å². The molecule has 0 amide bonds. The Balaban J connectivity index is 2.40. The van der Waals surface area contributed by atoms with Gasteiger partial charge in [-0.15, -0.1) is 0 Å². The van der Waals surface area contributed by atoms with Gasteiger partial charge in [-0.1, -0.05) is 136 Å². The van der Waals surface area contributed by atoms with Crippen LogP contribution in [0.15, 0.2) is 24.3 Å². The van der Waals surface area contributed by atoms with Crippen LogP contribution in [0.1, 0.15) is 161 Å². The summed E-state index contributed by atoms with van der Waals surface area (Å²) in [4.78, 5) is 12.0. The monoisotopic (exact) mass is 558 g/mol. The summed E-state index contributed by atoms with van der Waals surface area (Å²) < 4.78 is 17.4. The zero-order chi connectivity index (χ0) is 28.9. The fraction of sp³-hybridized carbons (Fsp3) is 0.750. The number of hydrogen-bond donors (Lipinski definition) is 0. The molecule has 1 aromatic rings. The summed E-state index contributed by atoms with van der Waals surface area (Å²) in [6, 6.07) is 5.94. The first-order valence-electron chi connectivity index (χ1n) is 17.0. The average Bonchev–Trinajstić information content (AvgIpc) is 2.97. The molecule has 0 aliphatic heterocycles. The maximum atomic E-state index is 12.0. The molecule has 0 radical (unpaired) electrons. The quantitative estimate of drug-likeness (QED) is 0.0583. The van der Waals surface area contributed by atoms with E-state index in [1.807, 2.05) is 25.1 Å². The van der Waals surface area contributed by atoms with Crippen LogP contribution in [0.3, 0.4) is 0 Å². The van der Waals surface area contributed by atoms with Crippen molar-refractivity contribution in [3.63, 3.8) is 0 Å². The second-order valence-corrected chi connectivity index (χ2v) is 11.3. The Labute approximate surface area is 247 Å². The molecule has 0 aromatic heterocycles. The topological polar surface area (TPSA) is 44.8 Å². The molecule has 4 nitrogen and oxygen atoms in total. The maximum absolute atomic E-state index is 12.0. The van der Waals surface area contributed by atoms with Gasteiger partial charge in [-0.3, -0.25) is 0 Å². The van der Waals surface area contributed by atoms with Crippen LogP contribution in [0.5, 0.6) is 11.5 Å². The molecule has 230 valence electrons. The van der Waals surface area contributed by atoms with Gasteiger partial charge in [-0.05, 0) is 43.5 Å². The van der Waals surface area contributed by atoms with Gasteiger partial charge in [0.2, 0.25) is 0 Å². The first-order chi connectivity index (χ1) is 19.7. The lowest BCUT2D eigenvalue weighted by atomic mass is 10.1. The minimum Gasteiger partial charge on any atom is -0.494 e. The van der Waals surface area contributed by atoms with Crippen molar-refractivity contribution in [2.45, 2.75) is 156 Å². The molecular formula is C36H62O4. The van der Waals surface area contributed by atoms with Crippen LogP contribution < -0.4 is 9.47 Å². The normalized spacial score (nSPS) is 11.3. The zero-order valence-corrected chi connectivity index (χ0v) is 26.5. The van der Waals surface area contributed by atoms with E-state index < -0.39 is 0 Å². The highest BCUT2D eigenvalue weighted by Crippen LogP contribution is 2.26.